The fraction of sp³-hybridized carbons (Fsp3) is 0.227. The lowest BCUT2D eigenvalue weighted by atomic mass is 9.88. The number of nitrogen functional groups attached to an aromatic ring is 1. The molecule has 0 aliphatic heterocycles. The van der Waals surface area contributed by atoms with E-state index in [4.69, 9.17) is 11.5 Å². The van der Waals surface area contributed by atoms with Gasteiger partial charge in [-0.3, -0.25) is 4.98 Å². The van der Waals surface area contributed by atoms with Crippen molar-refractivity contribution in [2.75, 3.05) is 17.6 Å². The van der Waals surface area contributed by atoms with E-state index >= 15 is 0 Å². The Morgan fingerprint density at radius 3 is 2.59 bits per heavy atom. The number of hydrogen-bond acceptors (Lipinski definition) is 6. The van der Waals surface area contributed by atoms with Crippen LogP contribution in [0, 0.1) is 5.82 Å². The van der Waals surface area contributed by atoms with E-state index in [1.807, 2.05) is 38.1 Å². The Kier molecular flexibility index (Phi) is 5.89. The molecule has 2 heterocycles. The van der Waals surface area contributed by atoms with E-state index in [9.17, 15) is 4.39 Å². The third-order valence-corrected chi connectivity index (χ3v) is 4.79. The first-order valence-corrected chi connectivity index (χ1v) is 9.28. The number of benzene rings is 1. The first kappa shape index (κ1) is 20.4. The summed E-state index contributed by atoms with van der Waals surface area (Å²) in [6, 6.07) is 12.1. The number of nitrogens with zero attached hydrogens (tertiary/aromatic N) is 3. The molecule has 0 saturated heterocycles. The summed E-state index contributed by atoms with van der Waals surface area (Å²) in [6.45, 7) is 8.35. The van der Waals surface area contributed by atoms with Gasteiger partial charge in [-0.1, -0.05) is 26.0 Å². The minimum atomic E-state index is -0.348. The molecule has 0 bridgehead atoms. The normalized spacial score (nSPS) is 12.4. The van der Waals surface area contributed by atoms with E-state index in [1.54, 1.807) is 18.2 Å². The quantitative estimate of drug-likeness (QED) is 0.417. The summed E-state index contributed by atoms with van der Waals surface area (Å²) in [4.78, 5) is 4.17. The van der Waals surface area contributed by atoms with E-state index in [1.165, 1.54) is 12.3 Å². The second-order valence-corrected chi connectivity index (χ2v) is 7.51. The zero-order valence-corrected chi connectivity index (χ0v) is 16.6. The maximum Gasteiger partial charge on any atom is 0.148 e. The van der Waals surface area contributed by atoms with Crippen LogP contribution in [0.2, 0.25) is 0 Å². The number of pyridine rings is 1. The van der Waals surface area contributed by atoms with Gasteiger partial charge < -0.3 is 16.8 Å². The molecule has 0 aliphatic carbocycles. The zero-order chi connectivity index (χ0) is 21.0. The standard InChI is InChI=1S/C22H25FN6/c1-4-17(24)16-11-14(5-7-18(16)25)19-8-10-21(29-28-19)27-13-22(2,3)20-9-6-15(23)12-26-20/h4-12,17H,1,13,24-25H2,2-3H3,(H,27,29). The molecule has 29 heavy (non-hydrogen) atoms. The van der Waals surface area contributed by atoms with Gasteiger partial charge in [0.15, 0.2) is 0 Å². The highest BCUT2D eigenvalue weighted by Gasteiger charge is 2.22. The Morgan fingerprint density at radius 2 is 1.97 bits per heavy atom. The van der Waals surface area contributed by atoms with Crippen molar-refractivity contribution in [2.24, 2.45) is 5.73 Å². The van der Waals surface area contributed by atoms with Gasteiger partial charge in [0.25, 0.3) is 0 Å². The molecule has 1 aromatic carbocycles. The largest absolute Gasteiger partial charge is 0.398 e. The predicted octanol–water partition coefficient (Wildman–Crippen LogP) is 3.84. The van der Waals surface area contributed by atoms with Crippen LogP contribution in [-0.4, -0.2) is 21.7 Å². The topological polar surface area (TPSA) is 103 Å². The number of rotatable bonds is 7. The second-order valence-electron chi connectivity index (χ2n) is 7.51. The van der Waals surface area contributed by atoms with Crippen LogP contribution in [0.15, 0.2) is 61.3 Å². The highest BCUT2D eigenvalue weighted by molar-refractivity contribution is 5.66. The predicted molar refractivity (Wildman–Crippen MR) is 115 cm³/mol. The molecule has 0 saturated carbocycles. The van der Waals surface area contributed by atoms with Gasteiger partial charge in [0.2, 0.25) is 0 Å². The maximum atomic E-state index is 13.1. The summed E-state index contributed by atoms with van der Waals surface area (Å²) in [5, 5.41) is 11.8. The molecule has 5 N–H and O–H groups in total. The Hall–Kier alpha value is -3.32. The average molecular weight is 392 g/mol. The van der Waals surface area contributed by atoms with Crippen molar-refractivity contribution in [3.63, 3.8) is 0 Å². The van der Waals surface area contributed by atoms with Crippen molar-refractivity contribution in [2.45, 2.75) is 25.3 Å². The number of anilines is 2. The van der Waals surface area contributed by atoms with E-state index in [0.29, 0.717) is 23.7 Å². The van der Waals surface area contributed by atoms with Crippen LogP contribution in [0.3, 0.4) is 0 Å². The summed E-state index contributed by atoms with van der Waals surface area (Å²) >= 11 is 0. The summed E-state index contributed by atoms with van der Waals surface area (Å²) in [7, 11) is 0. The highest BCUT2D eigenvalue weighted by Crippen LogP contribution is 2.27. The van der Waals surface area contributed by atoms with Crippen molar-refractivity contribution >= 4 is 11.5 Å². The molecule has 0 aliphatic rings. The van der Waals surface area contributed by atoms with Crippen LogP contribution in [0.5, 0.6) is 0 Å². The van der Waals surface area contributed by atoms with Crippen LogP contribution < -0.4 is 16.8 Å². The van der Waals surface area contributed by atoms with E-state index < -0.39 is 0 Å². The van der Waals surface area contributed by atoms with Crippen molar-refractivity contribution < 1.29 is 4.39 Å². The molecule has 7 heteroatoms. The Balaban J connectivity index is 1.72. The maximum absolute atomic E-state index is 13.1. The third-order valence-electron chi connectivity index (χ3n) is 4.79. The minimum absolute atomic E-state index is 0.305. The third kappa shape index (κ3) is 4.75. The molecular weight excluding hydrogens is 367 g/mol. The molecule has 3 aromatic rings. The molecule has 0 spiro atoms. The lowest BCUT2D eigenvalue weighted by molar-refractivity contribution is 0.530. The number of aromatic nitrogens is 3. The second kappa shape index (κ2) is 8.36. The van der Waals surface area contributed by atoms with Gasteiger partial charge in [-0.05, 0) is 42.0 Å². The van der Waals surface area contributed by atoms with Crippen LogP contribution >= 0.6 is 0 Å². The van der Waals surface area contributed by atoms with Crippen LogP contribution in [0.1, 0.15) is 31.1 Å². The first-order chi connectivity index (χ1) is 13.8. The summed E-state index contributed by atoms with van der Waals surface area (Å²) in [5.41, 5.74) is 15.5. The molecule has 1 atom stereocenters. The van der Waals surface area contributed by atoms with E-state index in [0.717, 1.165) is 16.8 Å². The lowest BCUT2D eigenvalue weighted by Crippen LogP contribution is -2.29. The number of hydrogen-bond donors (Lipinski definition) is 3. The van der Waals surface area contributed by atoms with Gasteiger partial charge in [-0.2, -0.15) is 0 Å². The van der Waals surface area contributed by atoms with Crippen LogP contribution in [-0.2, 0) is 5.41 Å². The van der Waals surface area contributed by atoms with Gasteiger partial charge in [-0.25, -0.2) is 4.39 Å². The molecule has 0 fully saturated rings. The molecule has 0 amide bonds. The van der Waals surface area contributed by atoms with E-state index in [2.05, 4.69) is 27.1 Å². The molecule has 3 rings (SSSR count). The molecular formula is C22H25FN6. The Morgan fingerprint density at radius 1 is 1.17 bits per heavy atom. The molecule has 0 radical (unpaired) electrons. The fourth-order valence-corrected chi connectivity index (χ4v) is 2.91. The Labute approximate surface area is 169 Å². The summed E-state index contributed by atoms with van der Waals surface area (Å²) in [6.07, 6.45) is 2.87. The zero-order valence-electron chi connectivity index (χ0n) is 16.6. The molecule has 150 valence electrons. The number of nitrogens with two attached hydrogens (primary N) is 2. The lowest BCUT2D eigenvalue weighted by Gasteiger charge is -2.24. The van der Waals surface area contributed by atoms with Gasteiger partial charge in [0.1, 0.15) is 11.6 Å². The SMILES string of the molecule is C=CC(N)c1cc(-c2ccc(NCC(C)(C)c3ccc(F)cn3)nn2)ccc1N. The Bertz CT molecular complexity index is 983. The molecule has 6 nitrogen and oxygen atoms in total. The smallest absolute Gasteiger partial charge is 0.148 e. The fourth-order valence-electron chi connectivity index (χ4n) is 2.91. The first-order valence-electron chi connectivity index (χ1n) is 9.28. The summed E-state index contributed by atoms with van der Waals surface area (Å²) < 4.78 is 13.1. The van der Waals surface area contributed by atoms with E-state index in [-0.39, 0.29) is 17.3 Å². The highest BCUT2D eigenvalue weighted by atomic mass is 19.1. The van der Waals surface area contributed by atoms with Crippen molar-refractivity contribution in [3.8, 4) is 11.3 Å². The molecule has 1 unspecified atom stereocenters. The number of halogens is 1. The van der Waals surface area contributed by atoms with Gasteiger partial charge in [-0.15, -0.1) is 16.8 Å². The van der Waals surface area contributed by atoms with Gasteiger partial charge >= 0.3 is 0 Å². The monoisotopic (exact) mass is 392 g/mol. The molecule has 2 aromatic heterocycles. The van der Waals surface area contributed by atoms with Gasteiger partial charge in [0, 0.05) is 34.9 Å². The van der Waals surface area contributed by atoms with Crippen molar-refractivity contribution in [1.29, 1.82) is 0 Å². The van der Waals surface area contributed by atoms with Crippen LogP contribution in [0.4, 0.5) is 15.9 Å². The van der Waals surface area contributed by atoms with Gasteiger partial charge in [0.05, 0.1) is 11.9 Å². The van der Waals surface area contributed by atoms with Crippen molar-refractivity contribution in [1.82, 2.24) is 15.2 Å². The average Bonchev–Trinajstić information content (AvgIpc) is 2.73. The number of nitrogens with one attached hydrogen (secondary N) is 1. The van der Waals surface area contributed by atoms with Crippen molar-refractivity contribution in [3.05, 3.63) is 78.4 Å². The summed E-state index contributed by atoms with van der Waals surface area (Å²) in [5.74, 6) is 0.293. The van der Waals surface area contributed by atoms with Crippen LogP contribution in [0.25, 0.3) is 11.3 Å². The minimum Gasteiger partial charge on any atom is -0.398 e.